The number of rotatable bonds is 3. The highest BCUT2D eigenvalue weighted by atomic mass is 16.6. The summed E-state index contributed by atoms with van der Waals surface area (Å²) in [4.78, 5) is 18.6. The van der Waals surface area contributed by atoms with E-state index in [9.17, 15) is 4.79 Å². The summed E-state index contributed by atoms with van der Waals surface area (Å²) in [6.07, 6.45) is 0. The number of benzene rings is 1. The summed E-state index contributed by atoms with van der Waals surface area (Å²) in [6.45, 7) is 5.25. The molecule has 0 radical (unpaired) electrons. The van der Waals surface area contributed by atoms with Gasteiger partial charge in [-0.3, -0.25) is 0 Å². The van der Waals surface area contributed by atoms with Crippen molar-refractivity contribution in [2.24, 2.45) is 0 Å². The first-order chi connectivity index (χ1) is 8.85. The average Bonchev–Trinajstić information content (AvgIpc) is 2.64. The molecule has 102 valence electrons. The minimum atomic E-state index is -0.525. The number of hydrogen-bond acceptors (Lipinski definition) is 5. The third kappa shape index (κ3) is 3.37. The first-order valence-corrected chi connectivity index (χ1v) is 5.94. The fourth-order valence-electron chi connectivity index (χ4n) is 1.65. The number of hydrogen-bond donors (Lipinski definition) is 2. The molecule has 1 aromatic carbocycles. The number of para-hydroxylation sites is 1. The van der Waals surface area contributed by atoms with Crippen LogP contribution in [0.3, 0.4) is 0 Å². The maximum absolute atomic E-state index is 11.6. The molecule has 0 fully saturated rings. The second kappa shape index (κ2) is 4.79. The highest BCUT2D eigenvalue weighted by molar-refractivity contribution is 5.83. The van der Waals surface area contributed by atoms with E-state index < -0.39 is 11.6 Å². The van der Waals surface area contributed by atoms with Crippen molar-refractivity contribution in [1.29, 1.82) is 0 Å². The summed E-state index contributed by atoms with van der Waals surface area (Å²) >= 11 is 0. The molecule has 6 heteroatoms. The van der Waals surface area contributed by atoms with Gasteiger partial charge in [-0.1, -0.05) is 6.07 Å². The Morgan fingerprint density at radius 2 is 2.16 bits per heavy atom. The SMILES string of the molecule is CC(C)(C)OC(=O)COc1cccc2[nH]c(N)nc12. The highest BCUT2D eigenvalue weighted by Crippen LogP contribution is 2.24. The molecule has 0 unspecified atom stereocenters. The minimum absolute atomic E-state index is 0.164. The van der Waals surface area contributed by atoms with Crippen LogP contribution in [0.4, 0.5) is 5.95 Å². The molecule has 0 amide bonds. The van der Waals surface area contributed by atoms with Crippen molar-refractivity contribution in [2.75, 3.05) is 12.3 Å². The average molecular weight is 263 g/mol. The lowest BCUT2D eigenvalue weighted by atomic mass is 10.2. The Labute approximate surface area is 110 Å². The topological polar surface area (TPSA) is 90.2 Å². The van der Waals surface area contributed by atoms with Crippen LogP contribution in [0.15, 0.2) is 18.2 Å². The first kappa shape index (κ1) is 13.2. The maximum Gasteiger partial charge on any atom is 0.344 e. The van der Waals surface area contributed by atoms with E-state index in [1.54, 1.807) is 32.9 Å². The number of anilines is 1. The van der Waals surface area contributed by atoms with Crippen LogP contribution < -0.4 is 10.5 Å². The molecule has 0 aliphatic heterocycles. The van der Waals surface area contributed by atoms with Crippen LogP contribution in [0.5, 0.6) is 5.75 Å². The number of H-pyrrole nitrogens is 1. The lowest BCUT2D eigenvalue weighted by Crippen LogP contribution is -2.27. The third-order valence-corrected chi connectivity index (χ3v) is 2.26. The second-order valence-corrected chi connectivity index (χ2v) is 5.15. The molecule has 2 rings (SSSR count). The van der Waals surface area contributed by atoms with Gasteiger partial charge in [-0.15, -0.1) is 0 Å². The van der Waals surface area contributed by atoms with Crippen molar-refractivity contribution in [3.05, 3.63) is 18.2 Å². The number of carbonyl (C=O) groups is 1. The van der Waals surface area contributed by atoms with Crippen molar-refractivity contribution in [3.8, 4) is 5.75 Å². The number of fused-ring (bicyclic) bond motifs is 1. The van der Waals surface area contributed by atoms with Crippen LogP contribution in [0, 0.1) is 0 Å². The quantitative estimate of drug-likeness (QED) is 0.825. The van der Waals surface area contributed by atoms with Crippen molar-refractivity contribution < 1.29 is 14.3 Å². The second-order valence-electron chi connectivity index (χ2n) is 5.15. The van der Waals surface area contributed by atoms with Gasteiger partial charge < -0.3 is 20.2 Å². The van der Waals surface area contributed by atoms with Gasteiger partial charge in [0.25, 0.3) is 0 Å². The van der Waals surface area contributed by atoms with Gasteiger partial charge in [0.1, 0.15) is 16.9 Å². The van der Waals surface area contributed by atoms with E-state index in [0.717, 1.165) is 5.52 Å². The summed E-state index contributed by atoms with van der Waals surface area (Å²) in [5.74, 6) is 0.382. The maximum atomic E-state index is 11.6. The molecule has 0 bridgehead atoms. The van der Waals surface area contributed by atoms with Crippen LogP contribution >= 0.6 is 0 Å². The van der Waals surface area contributed by atoms with Gasteiger partial charge in [-0.05, 0) is 32.9 Å². The smallest absolute Gasteiger partial charge is 0.344 e. The van der Waals surface area contributed by atoms with Crippen LogP contribution in [0.1, 0.15) is 20.8 Å². The lowest BCUT2D eigenvalue weighted by molar-refractivity contribution is -0.157. The monoisotopic (exact) mass is 263 g/mol. The molecule has 0 aliphatic rings. The molecular weight excluding hydrogens is 246 g/mol. The van der Waals surface area contributed by atoms with Crippen molar-refractivity contribution in [2.45, 2.75) is 26.4 Å². The number of nitrogens with zero attached hydrogens (tertiary/aromatic N) is 1. The van der Waals surface area contributed by atoms with Gasteiger partial charge in [0.2, 0.25) is 0 Å². The number of carbonyl (C=O) groups excluding carboxylic acids is 1. The Bertz CT molecular complexity index is 599. The molecule has 3 N–H and O–H groups in total. The molecule has 0 aliphatic carbocycles. The molecular formula is C13H17N3O3. The molecule has 1 heterocycles. The number of ether oxygens (including phenoxy) is 2. The molecule has 19 heavy (non-hydrogen) atoms. The van der Waals surface area contributed by atoms with E-state index in [0.29, 0.717) is 17.2 Å². The minimum Gasteiger partial charge on any atom is -0.480 e. The van der Waals surface area contributed by atoms with Gasteiger partial charge in [0.05, 0.1) is 5.52 Å². The largest absolute Gasteiger partial charge is 0.480 e. The zero-order chi connectivity index (χ0) is 14.0. The van der Waals surface area contributed by atoms with Crippen molar-refractivity contribution in [1.82, 2.24) is 9.97 Å². The fourth-order valence-corrected chi connectivity index (χ4v) is 1.65. The van der Waals surface area contributed by atoms with E-state index in [-0.39, 0.29) is 6.61 Å². The van der Waals surface area contributed by atoms with Crippen molar-refractivity contribution >= 4 is 23.0 Å². The van der Waals surface area contributed by atoms with Gasteiger partial charge in [-0.2, -0.15) is 0 Å². The molecule has 0 atom stereocenters. The number of nitrogens with two attached hydrogens (primary N) is 1. The predicted molar refractivity (Wildman–Crippen MR) is 71.8 cm³/mol. The molecule has 0 saturated heterocycles. The Morgan fingerprint density at radius 3 is 2.84 bits per heavy atom. The van der Waals surface area contributed by atoms with Crippen LogP contribution in [-0.4, -0.2) is 28.1 Å². The normalized spacial score (nSPS) is 11.5. The van der Waals surface area contributed by atoms with E-state index >= 15 is 0 Å². The van der Waals surface area contributed by atoms with Gasteiger partial charge in [-0.25, -0.2) is 9.78 Å². The molecule has 0 spiro atoms. The summed E-state index contributed by atoms with van der Waals surface area (Å²) < 4.78 is 10.6. The zero-order valence-corrected chi connectivity index (χ0v) is 11.2. The molecule has 0 saturated carbocycles. The number of aromatic nitrogens is 2. The Morgan fingerprint density at radius 1 is 1.42 bits per heavy atom. The van der Waals surface area contributed by atoms with Crippen LogP contribution in [0.2, 0.25) is 0 Å². The Balaban J connectivity index is 2.08. The van der Waals surface area contributed by atoms with E-state index in [1.807, 2.05) is 6.07 Å². The first-order valence-electron chi connectivity index (χ1n) is 5.94. The van der Waals surface area contributed by atoms with E-state index in [2.05, 4.69) is 9.97 Å². The van der Waals surface area contributed by atoms with Gasteiger partial charge in [0, 0.05) is 0 Å². The highest BCUT2D eigenvalue weighted by Gasteiger charge is 2.17. The van der Waals surface area contributed by atoms with Gasteiger partial charge >= 0.3 is 5.97 Å². The number of aromatic amines is 1. The summed E-state index contributed by atoms with van der Waals surface area (Å²) in [7, 11) is 0. The molecule has 1 aromatic heterocycles. The summed E-state index contributed by atoms with van der Waals surface area (Å²) in [5.41, 5.74) is 6.42. The van der Waals surface area contributed by atoms with Crippen LogP contribution in [0.25, 0.3) is 11.0 Å². The summed E-state index contributed by atoms with van der Waals surface area (Å²) in [6, 6.07) is 5.36. The van der Waals surface area contributed by atoms with E-state index in [4.69, 9.17) is 15.2 Å². The number of nitrogens with one attached hydrogen (secondary N) is 1. The lowest BCUT2D eigenvalue weighted by Gasteiger charge is -2.19. The molecule has 2 aromatic rings. The van der Waals surface area contributed by atoms with Crippen molar-refractivity contribution in [3.63, 3.8) is 0 Å². The zero-order valence-electron chi connectivity index (χ0n) is 11.2. The predicted octanol–water partition coefficient (Wildman–Crippen LogP) is 1.87. The fraction of sp³-hybridized carbons (Fsp3) is 0.385. The number of nitrogen functional groups attached to an aromatic ring is 1. The Kier molecular flexibility index (Phi) is 3.33. The third-order valence-electron chi connectivity index (χ3n) is 2.26. The summed E-state index contributed by atoms with van der Waals surface area (Å²) in [5, 5.41) is 0. The Hall–Kier alpha value is -2.24. The number of imidazole rings is 1. The molecule has 6 nitrogen and oxygen atoms in total. The number of esters is 1. The standard InChI is InChI=1S/C13H17N3O3/c1-13(2,3)19-10(17)7-18-9-6-4-5-8-11(9)16-12(14)15-8/h4-6H,7H2,1-3H3,(H3,14,15,16). The van der Waals surface area contributed by atoms with Crippen LogP contribution in [-0.2, 0) is 9.53 Å². The van der Waals surface area contributed by atoms with E-state index in [1.165, 1.54) is 0 Å². The van der Waals surface area contributed by atoms with Gasteiger partial charge in [0.15, 0.2) is 12.6 Å².